The summed E-state index contributed by atoms with van der Waals surface area (Å²) in [5, 5.41) is 13.2. The number of nitrogens with one attached hydrogen (secondary N) is 1. The Bertz CT molecular complexity index is 996. The zero-order chi connectivity index (χ0) is 21.0. The summed E-state index contributed by atoms with van der Waals surface area (Å²) in [5.74, 6) is -0.906. The first-order valence-corrected chi connectivity index (χ1v) is 9.80. The number of halogens is 1. The lowest BCUT2D eigenvalue weighted by Gasteiger charge is -2.14. The summed E-state index contributed by atoms with van der Waals surface area (Å²) < 4.78 is 15.5. The van der Waals surface area contributed by atoms with E-state index in [1.165, 1.54) is 17.7 Å². The Kier molecular flexibility index (Phi) is 6.49. The van der Waals surface area contributed by atoms with Gasteiger partial charge < -0.3 is 15.0 Å². The lowest BCUT2D eigenvalue weighted by molar-refractivity contribution is 0.0694. The molecule has 1 aromatic heterocycles. The minimum absolute atomic E-state index is 0.291. The summed E-state index contributed by atoms with van der Waals surface area (Å²) in [6, 6.07) is 16.6. The highest BCUT2D eigenvalue weighted by molar-refractivity contribution is 5.91. The van der Waals surface area contributed by atoms with E-state index in [1.54, 1.807) is 6.07 Å². The maximum atomic E-state index is 13.6. The normalized spacial score (nSPS) is 12.1. The van der Waals surface area contributed by atoms with Gasteiger partial charge in [0.15, 0.2) is 0 Å². The number of carboxylic acid groups (broad SMARTS) is 1. The van der Waals surface area contributed by atoms with Crippen LogP contribution in [0, 0.1) is 19.7 Å². The van der Waals surface area contributed by atoms with E-state index in [0.29, 0.717) is 30.3 Å². The van der Waals surface area contributed by atoms with Crippen LogP contribution < -0.4 is 5.32 Å². The average Bonchev–Trinajstić information content (AvgIpc) is 2.93. The average molecular weight is 394 g/mol. The quantitative estimate of drug-likeness (QED) is 0.572. The Morgan fingerprint density at radius 2 is 1.83 bits per heavy atom. The van der Waals surface area contributed by atoms with Crippen LogP contribution in [0.2, 0.25) is 0 Å². The number of rotatable bonds is 8. The number of carbonyl (C=O) groups is 1. The smallest absolute Gasteiger partial charge is 0.337 e. The van der Waals surface area contributed by atoms with Gasteiger partial charge in [0, 0.05) is 36.6 Å². The van der Waals surface area contributed by atoms with Crippen LogP contribution in [0.5, 0.6) is 0 Å². The minimum Gasteiger partial charge on any atom is -0.478 e. The molecule has 2 N–H and O–H groups in total. The molecule has 0 unspecified atom stereocenters. The first-order chi connectivity index (χ1) is 13.9. The van der Waals surface area contributed by atoms with Crippen LogP contribution in [-0.4, -0.2) is 22.2 Å². The Hall–Kier alpha value is -2.92. The second-order valence-corrected chi connectivity index (χ2v) is 7.49. The number of hydrogen-bond donors (Lipinski definition) is 2. The second-order valence-electron chi connectivity index (χ2n) is 7.49. The van der Waals surface area contributed by atoms with Crippen LogP contribution in [-0.2, 0) is 13.1 Å². The number of nitrogens with zero attached hydrogens (tertiary/aromatic N) is 1. The predicted octanol–water partition coefficient (Wildman–Crippen LogP) is 4.88. The summed E-state index contributed by atoms with van der Waals surface area (Å²) in [7, 11) is 0. The summed E-state index contributed by atoms with van der Waals surface area (Å²) in [4.78, 5) is 11.9. The molecule has 2 aromatic carbocycles. The maximum absolute atomic E-state index is 13.6. The summed E-state index contributed by atoms with van der Waals surface area (Å²) in [5.41, 5.74) is 4.75. The van der Waals surface area contributed by atoms with Crippen molar-refractivity contribution in [3.63, 3.8) is 0 Å². The Balaban J connectivity index is 1.79. The molecular weight excluding hydrogens is 367 g/mol. The van der Waals surface area contributed by atoms with Crippen molar-refractivity contribution in [2.24, 2.45) is 0 Å². The van der Waals surface area contributed by atoms with Crippen LogP contribution in [0.15, 0.2) is 54.6 Å². The summed E-state index contributed by atoms with van der Waals surface area (Å²) >= 11 is 0. The molecule has 0 saturated carbocycles. The fourth-order valence-corrected chi connectivity index (χ4v) is 3.82. The molecule has 29 heavy (non-hydrogen) atoms. The highest BCUT2D eigenvalue weighted by Gasteiger charge is 2.22. The molecule has 0 bridgehead atoms. The molecule has 0 spiro atoms. The van der Waals surface area contributed by atoms with Crippen LogP contribution in [0.1, 0.15) is 51.3 Å². The Labute approximate surface area is 171 Å². The van der Waals surface area contributed by atoms with Gasteiger partial charge in [-0.1, -0.05) is 49.4 Å². The molecule has 0 aliphatic heterocycles. The largest absolute Gasteiger partial charge is 0.478 e. The third kappa shape index (κ3) is 4.74. The van der Waals surface area contributed by atoms with Gasteiger partial charge >= 0.3 is 5.97 Å². The fourth-order valence-electron chi connectivity index (χ4n) is 3.82. The molecule has 5 heteroatoms. The van der Waals surface area contributed by atoms with Gasteiger partial charge in [0.2, 0.25) is 0 Å². The molecule has 1 heterocycles. The van der Waals surface area contributed by atoms with Crippen LogP contribution in [0.25, 0.3) is 0 Å². The standard InChI is InChI=1S/C24H27FN2O2/c1-16(20-9-5-4-6-10-20)13-26-14-22-17(2)27(18(3)23(22)24(28)29)15-19-8-7-11-21(25)12-19/h4-12,16,26H,13-15H2,1-3H3,(H,28,29)/t16-/m0/s1. The number of hydrogen-bond acceptors (Lipinski definition) is 2. The minimum atomic E-state index is -0.934. The van der Waals surface area contributed by atoms with E-state index in [-0.39, 0.29) is 5.82 Å². The van der Waals surface area contributed by atoms with E-state index in [2.05, 4.69) is 24.4 Å². The van der Waals surface area contributed by atoms with Gasteiger partial charge in [-0.25, -0.2) is 9.18 Å². The maximum Gasteiger partial charge on any atom is 0.337 e. The first-order valence-electron chi connectivity index (χ1n) is 9.80. The highest BCUT2D eigenvalue weighted by atomic mass is 19.1. The van der Waals surface area contributed by atoms with Crippen LogP contribution in [0.4, 0.5) is 4.39 Å². The molecule has 0 fully saturated rings. The lowest BCUT2D eigenvalue weighted by Crippen LogP contribution is -2.21. The first kappa shape index (κ1) is 20.8. The van der Waals surface area contributed by atoms with E-state index >= 15 is 0 Å². The van der Waals surface area contributed by atoms with Crippen LogP contribution in [0.3, 0.4) is 0 Å². The van der Waals surface area contributed by atoms with E-state index in [9.17, 15) is 14.3 Å². The monoisotopic (exact) mass is 394 g/mol. The third-order valence-electron chi connectivity index (χ3n) is 5.47. The van der Waals surface area contributed by atoms with Gasteiger partial charge in [-0.2, -0.15) is 0 Å². The van der Waals surface area contributed by atoms with Gasteiger partial charge in [-0.05, 0) is 43.0 Å². The zero-order valence-electron chi connectivity index (χ0n) is 17.1. The second kappa shape index (κ2) is 9.05. The molecular formula is C24H27FN2O2. The fraction of sp³-hybridized carbons (Fsp3) is 0.292. The predicted molar refractivity (Wildman–Crippen MR) is 113 cm³/mol. The number of benzene rings is 2. The van der Waals surface area contributed by atoms with E-state index < -0.39 is 5.97 Å². The number of aromatic carboxylic acids is 1. The number of aromatic nitrogens is 1. The van der Waals surface area contributed by atoms with Crippen molar-refractivity contribution in [2.45, 2.75) is 39.8 Å². The topological polar surface area (TPSA) is 54.3 Å². The molecule has 1 atom stereocenters. The van der Waals surface area contributed by atoms with Crippen molar-refractivity contribution in [1.82, 2.24) is 9.88 Å². The van der Waals surface area contributed by atoms with Gasteiger partial charge in [-0.3, -0.25) is 0 Å². The molecule has 0 radical (unpaired) electrons. The van der Waals surface area contributed by atoms with Crippen molar-refractivity contribution in [2.75, 3.05) is 6.54 Å². The number of carboxylic acids is 1. The molecule has 0 aliphatic carbocycles. The molecule has 0 aliphatic rings. The molecule has 4 nitrogen and oxygen atoms in total. The van der Waals surface area contributed by atoms with Crippen molar-refractivity contribution in [3.8, 4) is 0 Å². The summed E-state index contributed by atoms with van der Waals surface area (Å²) in [6.07, 6.45) is 0. The van der Waals surface area contributed by atoms with E-state index in [4.69, 9.17) is 0 Å². The van der Waals surface area contributed by atoms with Gasteiger partial charge in [-0.15, -0.1) is 0 Å². The van der Waals surface area contributed by atoms with Crippen molar-refractivity contribution < 1.29 is 14.3 Å². The highest BCUT2D eigenvalue weighted by Crippen LogP contribution is 2.24. The van der Waals surface area contributed by atoms with E-state index in [1.807, 2.05) is 42.7 Å². The van der Waals surface area contributed by atoms with Crippen molar-refractivity contribution >= 4 is 5.97 Å². The Morgan fingerprint density at radius 1 is 1.10 bits per heavy atom. The Morgan fingerprint density at radius 3 is 2.48 bits per heavy atom. The molecule has 3 rings (SSSR count). The van der Waals surface area contributed by atoms with Crippen molar-refractivity contribution in [3.05, 3.63) is 94.1 Å². The zero-order valence-corrected chi connectivity index (χ0v) is 17.1. The van der Waals surface area contributed by atoms with Crippen molar-refractivity contribution in [1.29, 1.82) is 0 Å². The summed E-state index contributed by atoms with van der Waals surface area (Å²) in [6.45, 7) is 7.55. The molecule has 0 amide bonds. The third-order valence-corrected chi connectivity index (χ3v) is 5.47. The van der Waals surface area contributed by atoms with Gasteiger partial charge in [0.1, 0.15) is 5.82 Å². The molecule has 0 saturated heterocycles. The lowest BCUT2D eigenvalue weighted by atomic mass is 10.0. The van der Waals surface area contributed by atoms with Gasteiger partial charge in [0.25, 0.3) is 0 Å². The van der Waals surface area contributed by atoms with Gasteiger partial charge in [0.05, 0.1) is 5.56 Å². The van der Waals surface area contributed by atoms with Crippen LogP contribution >= 0.6 is 0 Å². The van der Waals surface area contributed by atoms with E-state index in [0.717, 1.165) is 23.4 Å². The SMILES string of the molecule is Cc1c(CNC[C@H](C)c2ccccc2)c(C(=O)O)c(C)n1Cc1cccc(F)c1. The molecule has 3 aromatic rings. The molecule has 152 valence electrons.